The molecule has 1 aromatic rings. The smallest absolute Gasteiger partial charge is 0.395 e. The van der Waals surface area contributed by atoms with Crippen LogP contribution in [-0.4, -0.2) is 26.2 Å². The van der Waals surface area contributed by atoms with Gasteiger partial charge >= 0.3 is 6.18 Å². The Bertz CT molecular complexity index is 524. The van der Waals surface area contributed by atoms with Crippen LogP contribution in [0.3, 0.4) is 0 Å². The third-order valence-corrected chi connectivity index (χ3v) is 4.10. The Morgan fingerprint density at radius 2 is 1.89 bits per heavy atom. The molecule has 0 radical (unpaired) electrons. The van der Waals surface area contributed by atoms with Gasteiger partial charge in [0.1, 0.15) is 0 Å². The fraction of sp³-hybridized carbons (Fsp3) is 0.455. The topological polar surface area (TPSA) is 66.4 Å². The van der Waals surface area contributed by atoms with E-state index >= 15 is 0 Å². The van der Waals surface area contributed by atoms with Crippen molar-refractivity contribution in [1.29, 1.82) is 0 Å². The van der Waals surface area contributed by atoms with E-state index in [2.05, 4.69) is 0 Å². The zero-order chi connectivity index (χ0) is 14.7. The molecule has 0 aliphatic carbocycles. The third kappa shape index (κ3) is 3.92. The molecule has 0 heterocycles. The van der Waals surface area contributed by atoms with E-state index in [9.17, 15) is 21.6 Å². The highest BCUT2D eigenvalue weighted by molar-refractivity contribution is 7.89. The molecule has 0 aromatic heterocycles. The summed E-state index contributed by atoms with van der Waals surface area (Å²) in [5.41, 5.74) is -1.23. The molecule has 0 saturated heterocycles. The summed E-state index contributed by atoms with van der Waals surface area (Å²) in [6.45, 7) is 1.13. The molecule has 2 N–H and O–H groups in total. The number of halogens is 3. The standard InChI is InChI=1S/C11H14F3NO3S/c1-2-8(7-16)15-19(17,18)10-6-4-3-5-9(10)11(12,13)14/h3-6,8,15-16H,2,7H2,1H3/t8-/m1/s1. The van der Waals surface area contributed by atoms with Crippen molar-refractivity contribution in [1.82, 2.24) is 4.72 Å². The molecule has 0 aliphatic heterocycles. The number of benzene rings is 1. The molecule has 0 saturated carbocycles. The molecule has 1 atom stereocenters. The van der Waals surface area contributed by atoms with Crippen LogP contribution in [0, 0.1) is 0 Å². The molecule has 0 unspecified atom stereocenters. The minimum Gasteiger partial charge on any atom is -0.395 e. The Hall–Kier alpha value is -1.12. The van der Waals surface area contributed by atoms with Crippen molar-refractivity contribution in [3.05, 3.63) is 29.8 Å². The van der Waals surface area contributed by atoms with Gasteiger partial charge in [-0.15, -0.1) is 0 Å². The molecule has 0 fully saturated rings. The minimum atomic E-state index is -4.76. The number of aliphatic hydroxyl groups is 1. The quantitative estimate of drug-likeness (QED) is 0.870. The van der Waals surface area contributed by atoms with Gasteiger partial charge in [0.15, 0.2) is 0 Å². The molecule has 4 nitrogen and oxygen atoms in total. The summed E-state index contributed by atoms with van der Waals surface area (Å²) in [6.07, 6.45) is -4.49. The first-order valence-electron chi connectivity index (χ1n) is 5.51. The lowest BCUT2D eigenvalue weighted by molar-refractivity contribution is -0.139. The Morgan fingerprint density at radius 1 is 1.32 bits per heavy atom. The predicted octanol–water partition coefficient (Wildman–Crippen LogP) is 1.75. The molecule has 19 heavy (non-hydrogen) atoms. The van der Waals surface area contributed by atoms with E-state index in [1.54, 1.807) is 6.92 Å². The van der Waals surface area contributed by atoms with E-state index in [4.69, 9.17) is 5.11 Å². The van der Waals surface area contributed by atoms with Crippen molar-refractivity contribution in [3.63, 3.8) is 0 Å². The zero-order valence-corrected chi connectivity index (χ0v) is 10.9. The average Bonchev–Trinajstić information content (AvgIpc) is 2.35. The van der Waals surface area contributed by atoms with Crippen LogP contribution >= 0.6 is 0 Å². The van der Waals surface area contributed by atoms with Gasteiger partial charge in [0.25, 0.3) is 0 Å². The molecule has 1 rings (SSSR count). The monoisotopic (exact) mass is 297 g/mol. The SMILES string of the molecule is CC[C@H](CO)NS(=O)(=O)c1ccccc1C(F)(F)F. The number of aliphatic hydroxyl groups excluding tert-OH is 1. The Kier molecular flexibility index (Phi) is 4.94. The first-order valence-corrected chi connectivity index (χ1v) is 7.00. The predicted molar refractivity (Wildman–Crippen MR) is 62.9 cm³/mol. The summed E-state index contributed by atoms with van der Waals surface area (Å²) in [5.74, 6) is 0. The van der Waals surface area contributed by atoms with E-state index in [0.29, 0.717) is 6.07 Å². The second-order valence-electron chi connectivity index (χ2n) is 3.90. The van der Waals surface area contributed by atoms with Crippen molar-refractivity contribution in [2.45, 2.75) is 30.5 Å². The molecule has 1 aromatic carbocycles. The van der Waals surface area contributed by atoms with Crippen LogP contribution in [0.2, 0.25) is 0 Å². The Labute approximate surface area is 109 Å². The average molecular weight is 297 g/mol. The van der Waals surface area contributed by atoms with Gasteiger partial charge in [0.2, 0.25) is 10.0 Å². The number of rotatable bonds is 5. The second kappa shape index (κ2) is 5.89. The van der Waals surface area contributed by atoms with E-state index in [1.807, 2.05) is 4.72 Å². The number of sulfonamides is 1. The van der Waals surface area contributed by atoms with Gasteiger partial charge < -0.3 is 5.11 Å². The lowest BCUT2D eigenvalue weighted by Crippen LogP contribution is -2.37. The maximum absolute atomic E-state index is 12.7. The fourth-order valence-electron chi connectivity index (χ4n) is 1.47. The largest absolute Gasteiger partial charge is 0.417 e. The van der Waals surface area contributed by atoms with Crippen LogP contribution in [-0.2, 0) is 16.2 Å². The fourth-order valence-corrected chi connectivity index (χ4v) is 3.01. The van der Waals surface area contributed by atoms with Crippen LogP contribution < -0.4 is 4.72 Å². The zero-order valence-electron chi connectivity index (χ0n) is 10.1. The van der Waals surface area contributed by atoms with Gasteiger partial charge in [-0.25, -0.2) is 13.1 Å². The van der Waals surface area contributed by atoms with Crippen LogP contribution in [0.15, 0.2) is 29.2 Å². The van der Waals surface area contributed by atoms with E-state index in [1.165, 1.54) is 6.07 Å². The van der Waals surface area contributed by atoms with E-state index in [0.717, 1.165) is 12.1 Å². The lowest BCUT2D eigenvalue weighted by Gasteiger charge is -2.17. The van der Waals surface area contributed by atoms with Crippen molar-refractivity contribution >= 4 is 10.0 Å². The summed E-state index contributed by atoms with van der Waals surface area (Å²) < 4.78 is 64.1. The molecule has 0 amide bonds. The summed E-state index contributed by atoms with van der Waals surface area (Å²) in [5, 5.41) is 8.92. The van der Waals surface area contributed by atoms with Gasteiger partial charge in [-0.2, -0.15) is 13.2 Å². The summed E-state index contributed by atoms with van der Waals surface area (Å²) in [4.78, 5) is -0.839. The van der Waals surface area contributed by atoms with E-state index in [-0.39, 0.29) is 6.42 Å². The molecule has 0 aliphatic rings. The highest BCUT2D eigenvalue weighted by Gasteiger charge is 2.37. The lowest BCUT2D eigenvalue weighted by atomic mass is 10.2. The van der Waals surface area contributed by atoms with Gasteiger partial charge in [0, 0.05) is 6.04 Å². The van der Waals surface area contributed by atoms with Crippen molar-refractivity contribution in [3.8, 4) is 0 Å². The van der Waals surface area contributed by atoms with Crippen molar-refractivity contribution in [2.75, 3.05) is 6.61 Å². The first-order chi connectivity index (χ1) is 8.72. The first kappa shape index (κ1) is 15.9. The van der Waals surface area contributed by atoms with Gasteiger partial charge in [-0.3, -0.25) is 0 Å². The van der Waals surface area contributed by atoms with Crippen LogP contribution in [0.5, 0.6) is 0 Å². The Balaban J connectivity index is 3.23. The highest BCUT2D eigenvalue weighted by atomic mass is 32.2. The molecule has 0 spiro atoms. The van der Waals surface area contributed by atoms with Gasteiger partial charge in [-0.05, 0) is 18.6 Å². The van der Waals surface area contributed by atoms with Crippen LogP contribution in [0.4, 0.5) is 13.2 Å². The number of alkyl halides is 3. The summed E-state index contributed by atoms with van der Waals surface area (Å²) in [6, 6.07) is 3.10. The van der Waals surface area contributed by atoms with Crippen LogP contribution in [0.1, 0.15) is 18.9 Å². The van der Waals surface area contributed by atoms with Crippen LogP contribution in [0.25, 0.3) is 0 Å². The molecule has 8 heteroatoms. The minimum absolute atomic E-state index is 0.268. The Morgan fingerprint density at radius 3 is 2.37 bits per heavy atom. The maximum Gasteiger partial charge on any atom is 0.417 e. The van der Waals surface area contributed by atoms with Gasteiger partial charge in [0.05, 0.1) is 17.1 Å². The third-order valence-electron chi connectivity index (χ3n) is 2.52. The molecule has 0 bridgehead atoms. The molecular weight excluding hydrogens is 283 g/mol. The number of nitrogens with one attached hydrogen (secondary N) is 1. The highest BCUT2D eigenvalue weighted by Crippen LogP contribution is 2.33. The van der Waals surface area contributed by atoms with Crippen molar-refractivity contribution < 1.29 is 26.7 Å². The number of hydrogen-bond donors (Lipinski definition) is 2. The number of hydrogen-bond acceptors (Lipinski definition) is 3. The maximum atomic E-state index is 12.7. The normalized spacial score (nSPS) is 14.4. The molecule has 108 valence electrons. The second-order valence-corrected chi connectivity index (χ2v) is 5.59. The molecular formula is C11H14F3NO3S. The van der Waals surface area contributed by atoms with Crippen molar-refractivity contribution in [2.24, 2.45) is 0 Å². The van der Waals surface area contributed by atoms with E-state index < -0.39 is 39.3 Å². The summed E-state index contributed by atoms with van der Waals surface area (Å²) >= 11 is 0. The summed E-state index contributed by atoms with van der Waals surface area (Å²) in [7, 11) is -4.33. The van der Waals surface area contributed by atoms with Gasteiger partial charge in [-0.1, -0.05) is 19.1 Å².